The molecule has 8 nitrogen and oxygen atoms in total. The molecule has 0 bridgehead atoms. The monoisotopic (exact) mass is 414 g/mol. The van der Waals surface area contributed by atoms with Crippen LogP contribution in [0.15, 0.2) is 48.2 Å². The minimum Gasteiger partial charge on any atom is -0.378 e. The highest BCUT2D eigenvalue weighted by molar-refractivity contribution is 6.03. The molecule has 0 saturated carbocycles. The lowest BCUT2D eigenvalue weighted by Gasteiger charge is -2.33. The fourth-order valence-electron chi connectivity index (χ4n) is 4.01. The highest BCUT2D eigenvalue weighted by Gasteiger charge is 2.44. The van der Waals surface area contributed by atoms with E-state index in [4.69, 9.17) is 4.74 Å². The Bertz CT molecular complexity index is 925. The van der Waals surface area contributed by atoms with Crippen LogP contribution in [0.2, 0.25) is 0 Å². The van der Waals surface area contributed by atoms with Gasteiger partial charge in [0.1, 0.15) is 12.4 Å². The minimum atomic E-state index is -0.778. The zero-order valence-electron chi connectivity index (χ0n) is 16.5. The second-order valence-electron chi connectivity index (χ2n) is 7.35. The van der Waals surface area contributed by atoms with Gasteiger partial charge in [-0.15, -0.1) is 6.58 Å². The Morgan fingerprint density at radius 3 is 2.77 bits per heavy atom. The summed E-state index contributed by atoms with van der Waals surface area (Å²) in [5.74, 6) is -0.958. The molecule has 9 heteroatoms. The third-order valence-corrected chi connectivity index (χ3v) is 5.48. The Hall–Kier alpha value is -3.20. The largest absolute Gasteiger partial charge is 0.378 e. The smallest absolute Gasteiger partial charge is 0.322 e. The van der Waals surface area contributed by atoms with Gasteiger partial charge in [-0.1, -0.05) is 18.2 Å². The average molecular weight is 414 g/mol. The molecule has 3 heterocycles. The number of ether oxygens (including phenoxy) is 1. The predicted octanol–water partition coefficient (Wildman–Crippen LogP) is 1.03. The molecule has 158 valence electrons. The third-order valence-electron chi connectivity index (χ3n) is 5.48. The Morgan fingerprint density at radius 2 is 2.07 bits per heavy atom. The van der Waals surface area contributed by atoms with Crippen LogP contribution in [-0.4, -0.2) is 78.5 Å². The Labute approximate surface area is 173 Å². The Kier molecular flexibility index (Phi) is 5.54. The molecule has 4 amide bonds. The molecule has 0 radical (unpaired) electrons. The summed E-state index contributed by atoms with van der Waals surface area (Å²) in [5.41, 5.74) is 1.35. The molecule has 1 fully saturated rings. The first-order valence-electron chi connectivity index (χ1n) is 9.82. The van der Waals surface area contributed by atoms with Gasteiger partial charge in [0.15, 0.2) is 0 Å². The van der Waals surface area contributed by atoms with E-state index in [2.05, 4.69) is 11.9 Å². The number of halogens is 1. The van der Waals surface area contributed by atoms with Crippen molar-refractivity contribution in [2.45, 2.75) is 6.04 Å². The molecule has 30 heavy (non-hydrogen) atoms. The zero-order valence-corrected chi connectivity index (χ0v) is 16.5. The molecule has 1 saturated heterocycles. The number of urea groups is 1. The first-order valence-corrected chi connectivity index (χ1v) is 9.82. The number of nitrogens with one attached hydrogen (secondary N) is 1. The van der Waals surface area contributed by atoms with Crippen LogP contribution in [0.4, 0.5) is 9.18 Å². The second kappa shape index (κ2) is 8.27. The Morgan fingerprint density at radius 1 is 1.30 bits per heavy atom. The van der Waals surface area contributed by atoms with E-state index in [0.717, 1.165) is 0 Å². The van der Waals surface area contributed by atoms with Crippen LogP contribution in [0, 0.1) is 5.82 Å². The average Bonchev–Trinajstić information content (AvgIpc) is 3.06. The van der Waals surface area contributed by atoms with Crippen LogP contribution in [0.25, 0.3) is 0 Å². The van der Waals surface area contributed by atoms with Crippen LogP contribution in [0.1, 0.15) is 11.6 Å². The molecule has 4 rings (SSSR count). The first kappa shape index (κ1) is 20.1. The topological polar surface area (TPSA) is 82.2 Å². The summed E-state index contributed by atoms with van der Waals surface area (Å²) in [4.78, 5) is 43.2. The maximum atomic E-state index is 13.8. The van der Waals surface area contributed by atoms with Crippen molar-refractivity contribution in [1.82, 2.24) is 20.0 Å². The van der Waals surface area contributed by atoms with Crippen molar-refractivity contribution in [2.75, 3.05) is 45.9 Å². The van der Waals surface area contributed by atoms with Crippen LogP contribution in [0.5, 0.6) is 0 Å². The number of nitrogens with zero attached hydrogens (tertiary/aromatic N) is 3. The fraction of sp³-hybridized carbons (Fsp3) is 0.381. The van der Waals surface area contributed by atoms with Crippen molar-refractivity contribution in [3.8, 4) is 0 Å². The number of carbonyl (C=O) groups is 3. The number of amides is 4. The van der Waals surface area contributed by atoms with E-state index in [1.54, 1.807) is 17.0 Å². The number of benzene rings is 1. The summed E-state index contributed by atoms with van der Waals surface area (Å²) in [6.07, 6.45) is 1.57. The highest BCUT2D eigenvalue weighted by atomic mass is 19.1. The maximum absolute atomic E-state index is 13.8. The van der Waals surface area contributed by atoms with E-state index in [-0.39, 0.29) is 31.4 Å². The molecule has 1 N–H and O–H groups in total. The van der Waals surface area contributed by atoms with E-state index in [1.165, 1.54) is 28.0 Å². The van der Waals surface area contributed by atoms with Gasteiger partial charge in [0, 0.05) is 19.6 Å². The van der Waals surface area contributed by atoms with E-state index in [9.17, 15) is 18.8 Å². The summed E-state index contributed by atoms with van der Waals surface area (Å²) in [7, 11) is 0. The lowest BCUT2D eigenvalue weighted by molar-refractivity contribution is -0.140. The van der Waals surface area contributed by atoms with Gasteiger partial charge in [-0.3, -0.25) is 14.5 Å². The molecule has 0 spiro atoms. The number of carbonyl (C=O) groups excluding carboxylic acids is 3. The first-order chi connectivity index (χ1) is 14.5. The summed E-state index contributed by atoms with van der Waals surface area (Å²) < 4.78 is 19.1. The van der Waals surface area contributed by atoms with Crippen molar-refractivity contribution < 1.29 is 23.5 Å². The third kappa shape index (κ3) is 3.68. The van der Waals surface area contributed by atoms with E-state index in [0.29, 0.717) is 43.1 Å². The number of hydrogen-bond donors (Lipinski definition) is 1. The summed E-state index contributed by atoms with van der Waals surface area (Å²) in [6, 6.07) is 4.63. The number of rotatable bonds is 5. The molecule has 1 aromatic carbocycles. The van der Waals surface area contributed by atoms with Gasteiger partial charge in [0.2, 0.25) is 5.91 Å². The van der Waals surface area contributed by atoms with Crippen LogP contribution < -0.4 is 5.32 Å². The van der Waals surface area contributed by atoms with Gasteiger partial charge in [-0.25, -0.2) is 9.18 Å². The summed E-state index contributed by atoms with van der Waals surface area (Å²) >= 11 is 0. The van der Waals surface area contributed by atoms with Gasteiger partial charge < -0.3 is 19.9 Å². The van der Waals surface area contributed by atoms with Gasteiger partial charge in [-0.05, 0) is 17.7 Å². The van der Waals surface area contributed by atoms with Crippen LogP contribution >= 0.6 is 0 Å². The van der Waals surface area contributed by atoms with Gasteiger partial charge in [-0.2, -0.15) is 0 Å². The van der Waals surface area contributed by atoms with Crippen molar-refractivity contribution in [3.05, 3.63) is 59.6 Å². The van der Waals surface area contributed by atoms with E-state index < -0.39 is 17.9 Å². The highest BCUT2D eigenvalue weighted by Crippen LogP contribution is 2.36. The molecular formula is C21H23FN4O4. The van der Waals surface area contributed by atoms with E-state index >= 15 is 0 Å². The summed E-state index contributed by atoms with van der Waals surface area (Å²) in [5, 5.41) is 2.79. The molecule has 3 aliphatic heterocycles. The number of morpholine rings is 1. The minimum absolute atomic E-state index is 0.0855. The lowest BCUT2D eigenvalue weighted by Crippen LogP contribution is -2.47. The molecule has 1 atom stereocenters. The predicted molar refractivity (Wildman–Crippen MR) is 106 cm³/mol. The quantitative estimate of drug-likeness (QED) is 0.730. The second-order valence-corrected chi connectivity index (χ2v) is 7.35. The molecular weight excluding hydrogens is 391 g/mol. The molecule has 3 aliphatic rings. The van der Waals surface area contributed by atoms with Crippen molar-refractivity contribution in [3.63, 3.8) is 0 Å². The zero-order chi connectivity index (χ0) is 21.3. The van der Waals surface area contributed by atoms with E-state index in [1.807, 2.05) is 0 Å². The van der Waals surface area contributed by atoms with Crippen molar-refractivity contribution in [2.24, 2.45) is 0 Å². The Balaban J connectivity index is 1.62. The van der Waals surface area contributed by atoms with Crippen LogP contribution in [-0.2, 0) is 14.3 Å². The molecule has 0 aromatic heterocycles. The SMILES string of the molecule is C=CCN1C(=O)NC(c2cccc(F)c2)C2=C1CN(CC(=O)N1CCOCC1)C2=O. The number of hydrogen-bond acceptors (Lipinski definition) is 4. The normalized spacial score (nSPS) is 21.6. The fourth-order valence-corrected chi connectivity index (χ4v) is 4.01. The van der Waals surface area contributed by atoms with Gasteiger partial charge >= 0.3 is 6.03 Å². The van der Waals surface area contributed by atoms with Gasteiger partial charge in [0.05, 0.1) is 37.1 Å². The molecule has 1 aromatic rings. The standard InChI is InChI=1S/C21H23FN4O4/c1-2-6-26-16-12-25(13-17(27)24-7-9-30-10-8-24)20(28)18(16)19(23-21(26)29)14-4-3-5-15(22)11-14/h2-5,11,19H,1,6-10,12-13H2,(H,23,29). The van der Waals surface area contributed by atoms with Crippen LogP contribution in [0.3, 0.4) is 0 Å². The molecule has 1 unspecified atom stereocenters. The van der Waals surface area contributed by atoms with Crippen molar-refractivity contribution in [1.29, 1.82) is 0 Å². The lowest BCUT2D eigenvalue weighted by atomic mass is 9.95. The molecule has 0 aliphatic carbocycles. The summed E-state index contributed by atoms with van der Waals surface area (Å²) in [6.45, 7) is 5.87. The van der Waals surface area contributed by atoms with Gasteiger partial charge in [0.25, 0.3) is 5.91 Å². The van der Waals surface area contributed by atoms with Crippen molar-refractivity contribution >= 4 is 17.8 Å². The maximum Gasteiger partial charge on any atom is 0.322 e.